The van der Waals surface area contributed by atoms with E-state index in [9.17, 15) is 4.79 Å². The summed E-state index contributed by atoms with van der Waals surface area (Å²) in [7, 11) is 0. The first-order chi connectivity index (χ1) is 10.8. The molecule has 2 heterocycles. The average Bonchev–Trinajstić information content (AvgIpc) is 2.83. The standard InChI is InChI=1S/C17H31N3O2.2ClH/c21-17(13-16-14-18-7-12-22-16)20-9-4-8-19(10-11-20)15-5-2-1-3-6-15;;/h15-16,18H,1-14H2;2*1H. The third-order valence-electron chi connectivity index (χ3n) is 5.38. The Balaban J connectivity index is 0.00000144. The molecule has 1 unspecified atom stereocenters. The Morgan fingerprint density at radius 3 is 2.50 bits per heavy atom. The lowest BCUT2D eigenvalue weighted by Gasteiger charge is -2.33. The minimum absolute atomic E-state index is 0. The predicted molar refractivity (Wildman–Crippen MR) is 101 cm³/mol. The van der Waals surface area contributed by atoms with Crippen molar-refractivity contribution in [2.75, 3.05) is 45.9 Å². The lowest BCUT2D eigenvalue weighted by molar-refractivity contribution is -0.134. The SMILES string of the molecule is Cl.Cl.O=C(CC1CNCCO1)N1CCCN(C2CCCCC2)CC1. The summed E-state index contributed by atoms with van der Waals surface area (Å²) in [5.74, 6) is 0.277. The molecule has 1 atom stereocenters. The molecule has 0 aromatic heterocycles. The molecule has 1 amide bonds. The number of rotatable bonds is 3. The molecule has 2 saturated heterocycles. The van der Waals surface area contributed by atoms with Gasteiger partial charge in [-0.05, 0) is 19.3 Å². The largest absolute Gasteiger partial charge is 0.375 e. The van der Waals surface area contributed by atoms with Crippen molar-refractivity contribution in [1.29, 1.82) is 0 Å². The maximum atomic E-state index is 12.5. The van der Waals surface area contributed by atoms with Crippen LogP contribution in [0.3, 0.4) is 0 Å². The van der Waals surface area contributed by atoms with Gasteiger partial charge < -0.3 is 15.0 Å². The van der Waals surface area contributed by atoms with Crippen molar-refractivity contribution < 1.29 is 9.53 Å². The van der Waals surface area contributed by atoms with Gasteiger partial charge in [-0.15, -0.1) is 24.8 Å². The van der Waals surface area contributed by atoms with Crippen LogP contribution in [-0.2, 0) is 9.53 Å². The molecule has 7 heteroatoms. The summed E-state index contributed by atoms with van der Waals surface area (Å²) < 4.78 is 5.67. The molecule has 1 saturated carbocycles. The molecule has 3 rings (SSSR count). The fourth-order valence-corrected chi connectivity index (χ4v) is 4.07. The number of amides is 1. The van der Waals surface area contributed by atoms with Gasteiger partial charge in [0.2, 0.25) is 5.91 Å². The van der Waals surface area contributed by atoms with E-state index in [1.807, 2.05) is 0 Å². The van der Waals surface area contributed by atoms with Crippen molar-refractivity contribution in [3.63, 3.8) is 0 Å². The quantitative estimate of drug-likeness (QED) is 0.812. The Bertz CT molecular complexity index is 362. The highest BCUT2D eigenvalue weighted by Crippen LogP contribution is 2.23. The van der Waals surface area contributed by atoms with Crippen molar-refractivity contribution in [3.05, 3.63) is 0 Å². The van der Waals surface area contributed by atoms with E-state index >= 15 is 0 Å². The fourth-order valence-electron chi connectivity index (χ4n) is 4.07. The number of ether oxygens (including phenoxy) is 1. The van der Waals surface area contributed by atoms with Crippen LogP contribution in [0, 0.1) is 0 Å². The average molecular weight is 382 g/mol. The maximum Gasteiger partial charge on any atom is 0.225 e. The number of hydrogen-bond donors (Lipinski definition) is 1. The summed E-state index contributed by atoms with van der Waals surface area (Å²) in [6, 6.07) is 0.773. The second-order valence-electron chi connectivity index (χ2n) is 6.96. The monoisotopic (exact) mass is 381 g/mol. The first-order valence-electron chi connectivity index (χ1n) is 9.17. The van der Waals surface area contributed by atoms with Crippen molar-refractivity contribution in [3.8, 4) is 0 Å². The van der Waals surface area contributed by atoms with Crippen LogP contribution in [0.25, 0.3) is 0 Å². The molecule has 5 nitrogen and oxygen atoms in total. The summed E-state index contributed by atoms with van der Waals surface area (Å²) in [5.41, 5.74) is 0. The van der Waals surface area contributed by atoms with E-state index in [4.69, 9.17) is 4.74 Å². The molecule has 1 aliphatic carbocycles. The van der Waals surface area contributed by atoms with Crippen LogP contribution in [-0.4, -0.2) is 73.7 Å². The van der Waals surface area contributed by atoms with E-state index in [1.165, 1.54) is 32.1 Å². The number of carbonyl (C=O) groups is 1. The Morgan fingerprint density at radius 2 is 1.79 bits per heavy atom. The van der Waals surface area contributed by atoms with Crippen molar-refractivity contribution in [2.45, 2.75) is 57.1 Å². The van der Waals surface area contributed by atoms with Crippen molar-refractivity contribution in [1.82, 2.24) is 15.1 Å². The predicted octanol–water partition coefficient (Wildman–Crippen LogP) is 2.08. The highest BCUT2D eigenvalue weighted by Gasteiger charge is 2.26. The molecule has 142 valence electrons. The molecule has 0 aromatic rings. The van der Waals surface area contributed by atoms with Crippen LogP contribution in [0.15, 0.2) is 0 Å². The molecule has 1 N–H and O–H groups in total. The van der Waals surface area contributed by atoms with E-state index < -0.39 is 0 Å². The second kappa shape index (κ2) is 11.5. The van der Waals surface area contributed by atoms with Gasteiger partial charge in [0.05, 0.1) is 19.1 Å². The fraction of sp³-hybridized carbons (Fsp3) is 0.941. The minimum atomic E-state index is 0. The number of hydrogen-bond acceptors (Lipinski definition) is 4. The zero-order valence-electron chi connectivity index (χ0n) is 14.6. The smallest absolute Gasteiger partial charge is 0.225 e. The molecule has 3 aliphatic rings. The Hall–Kier alpha value is -0.0700. The maximum absolute atomic E-state index is 12.5. The summed E-state index contributed by atoms with van der Waals surface area (Å²) in [4.78, 5) is 17.2. The molecular weight excluding hydrogens is 349 g/mol. The van der Waals surface area contributed by atoms with Crippen molar-refractivity contribution in [2.24, 2.45) is 0 Å². The van der Waals surface area contributed by atoms with E-state index in [0.29, 0.717) is 6.42 Å². The van der Waals surface area contributed by atoms with E-state index in [-0.39, 0.29) is 36.8 Å². The summed E-state index contributed by atoms with van der Waals surface area (Å²) in [6.45, 7) is 6.49. The Kier molecular flexibility index (Phi) is 10.6. The molecule has 0 spiro atoms. The van der Waals surface area contributed by atoms with Gasteiger partial charge in [-0.25, -0.2) is 0 Å². The van der Waals surface area contributed by atoms with Crippen LogP contribution < -0.4 is 5.32 Å². The summed E-state index contributed by atoms with van der Waals surface area (Å²) in [5, 5.41) is 3.30. The summed E-state index contributed by atoms with van der Waals surface area (Å²) in [6.07, 6.45) is 8.61. The third kappa shape index (κ3) is 6.34. The lowest BCUT2D eigenvalue weighted by Crippen LogP contribution is -2.44. The van der Waals surface area contributed by atoms with Gasteiger partial charge in [0, 0.05) is 45.3 Å². The van der Waals surface area contributed by atoms with Gasteiger partial charge in [0.15, 0.2) is 0 Å². The van der Waals surface area contributed by atoms with Gasteiger partial charge in [-0.1, -0.05) is 19.3 Å². The number of halogens is 2. The van der Waals surface area contributed by atoms with Crippen LogP contribution in [0.4, 0.5) is 0 Å². The number of nitrogens with zero attached hydrogens (tertiary/aromatic N) is 2. The number of morpholine rings is 1. The zero-order valence-corrected chi connectivity index (χ0v) is 16.2. The molecule has 0 radical (unpaired) electrons. The van der Waals surface area contributed by atoms with Crippen molar-refractivity contribution >= 4 is 30.7 Å². The first kappa shape index (κ1) is 22.0. The highest BCUT2D eigenvalue weighted by molar-refractivity contribution is 5.85. The topological polar surface area (TPSA) is 44.8 Å². The molecular formula is C17H33Cl2N3O2. The van der Waals surface area contributed by atoms with E-state index in [2.05, 4.69) is 15.1 Å². The Morgan fingerprint density at radius 1 is 1.00 bits per heavy atom. The van der Waals surface area contributed by atoms with Crippen LogP contribution >= 0.6 is 24.8 Å². The van der Waals surface area contributed by atoms with E-state index in [1.54, 1.807) is 0 Å². The van der Waals surface area contributed by atoms with Gasteiger partial charge >= 0.3 is 0 Å². The molecule has 24 heavy (non-hydrogen) atoms. The summed E-state index contributed by atoms with van der Waals surface area (Å²) >= 11 is 0. The minimum Gasteiger partial charge on any atom is -0.375 e. The van der Waals surface area contributed by atoms with Crippen LogP contribution in [0.1, 0.15) is 44.9 Å². The number of carbonyl (C=O) groups excluding carboxylic acids is 1. The van der Waals surface area contributed by atoms with E-state index in [0.717, 1.165) is 58.3 Å². The third-order valence-corrected chi connectivity index (χ3v) is 5.38. The van der Waals surface area contributed by atoms with Gasteiger partial charge in [-0.3, -0.25) is 9.69 Å². The normalized spacial score (nSPS) is 26.8. The number of nitrogens with one attached hydrogen (secondary N) is 1. The van der Waals surface area contributed by atoms with Gasteiger partial charge in [0.1, 0.15) is 0 Å². The molecule has 2 aliphatic heterocycles. The van der Waals surface area contributed by atoms with Crippen LogP contribution in [0.2, 0.25) is 0 Å². The lowest BCUT2D eigenvalue weighted by atomic mass is 9.94. The second-order valence-corrected chi connectivity index (χ2v) is 6.96. The molecule has 3 fully saturated rings. The van der Waals surface area contributed by atoms with Crippen LogP contribution in [0.5, 0.6) is 0 Å². The first-order valence-corrected chi connectivity index (χ1v) is 9.17. The Labute approximate surface area is 158 Å². The highest BCUT2D eigenvalue weighted by atomic mass is 35.5. The zero-order chi connectivity index (χ0) is 15.2. The molecule has 0 aromatic carbocycles. The molecule has 0 bridgehead atoms. The van der Waals surface area contributed by atoms with Gasteiger partial charge in [0.25, 0.3) is 0 Å². The van der Waals surface area contributed by atoms with Gasteiger partial charge in [-0.2, -0.15) is 0 Å².